The largest absolute Gasteiger partial charge is 0.379 e. The molecule has 0 aliphatic carbocycles. The van der Waals surface area contributed by atoms with Gasteiger partial charge in [0.05, 0.1) is 18.2 Å². The number of ether oxygens (including phenoxy) is 1. The van der Waals surface area contributed by atoms with Gasteiger partial charge in [-0.05, 0) is 25.0 Å². The lowest BCUT2D eigenvalue weighted by Gasteiger charge is -2.23. The van der Waals surface area contributed by atoms with Gasteiger partial charge in [-0.25, -0.2) is 17.2 Å². The molecule has 116 valence electrons. The first-order valence-electron chi connectivity index (χ1n) is 6.11. The number of carbonyl (C=O) groups is 1. The van der Waals surface area contributed by atoms with E-state index in [-0.39, 0.29) is 12.6 Å². The Morgan fingerprint density at radius 2 is 2.10 bits per heavy atom. The summed E-state index contributed by atoms with van der Waals surface area (Å²) in [6, 6.07) is 0.725. The van der Waals surface area contributed by atoms with E-state index in [1.54, 1.807) is 0 Å². The van der Waals surface area contributed by atoms with Crippen LogP contribution in [0.3, 0.4) is 0 Å². The smallest absolute Gasteiger partial charge is 0.264 e. The zero-order valence-electron chi connectivity index (χ0n) is 10.7. The third-order valence-corrected chi connectivity index (χ3v) is 4.33. The molecule has 21 heavy (non-hydrogen) atoms. The van der Waals surface area contributed by atoms with Gasteiger partial charge in [-0.2, -0.15) is 0 Å². The van der Waals surface area contributed by atoms with Gasteiger partial charge in [0.1, 0.15) is 10.7 Å². The first-order valence-corrected chi connectivity index (χ1v) is 8.42. The summed E-state index contributed by atoms with van der Waals surface area (Å²) in [6.45, 7) is 0.846. The molecule has 1 saturated heterocycles. The van der Waals surface area contributed by atoms with Crippen LogP contribution in [0.1, 0.15) is 23.2 Å². The minimum atomic E-state index is -4.49. The molecule has 0 aromatic heterocycles. The normalized spacial score (nSPS) is 19.3. The van der Waals surface area contributed by atoms with Crippen LogP contribution in [0.25, 0.3) is 0 Å². The van der Waals surface area contributed by atoms with E-state index in [0.717, 1.165) is 6.42 Å². The third-order valence-electron chi connectivity index (χ3n) is 3.01. The number of nitrogens with one attached hydrogen (secondary N) is 1. The van der Waals surface area contributed by atoms with Crippen molar-refractivity contribution in [1.82, 2.24) is 5.32 Å². The molecule has 1 unspecified atom stereocenters. The molecule has 1 aromatic carbocycles. The second kappa shape index (κ2) is 6.25. The SMILES string of the molecule is O=C(NC1CCCOC1)c1cc(F)cc(S(=O)(=O)Cl)c1F. The number of carbonyl (C=O) groups excluding carboxylic acids is 1. The van der Waals surface area contributed by atoms with E-state index < -0.39 is 37.1 Å². The van der Waals surface area contributed by atoms with Crippen molar-refractivity contribution in [2.24, 2.45) is 0 Å². The van der Waals surface area contributed by atoms with Crippen LogP contribution in [-0.4, -0.2) is 33.6 Å². The van der Waals surface area contributed by atoms with Gasteiger partial charge < -0.3 is 10.1 Å². The van der Waals surface area contributed by atoms with Crippen molar-refractivity contribution in [3.05, 3.63) is 29.3 Å². The highest BCUT2D eigenvalue weighted by Crippen LogP contribution is 2.23. The predicted molar refractivity (Wildman–Crippen MR) is 70.7 cm³/mol. The Morgan fingerprint density at radius 3 is 2.67 bits per heavy atom. The van der Waals surface area contributed by atoms with Gasteiger partial charge in [0.15, 0.2) is 5.82 Å². The Balaban J connectivity index is 2.30. The fraction of sp³-hybridized carbons (Fsp3) is 0.417. The minimum absolute atomic E-state index is 0.267. The highest BCUT2D eigenvalue weighted by Gasteiger charge is 2.26. The highest BCUT2D eigenvalue weighted by atomic mass is 35.7. The van der Waals surface area contributed by atoms with Crippen molar-refractivity contribution in [1.29, 1.82) is 0 Å². The lowest BCUT2D eigenvalue weighted by atomic mass is 10.1. The van der Waals surface area contributed by atoms with Crippen LogP contribution in [0.4, 0.5) is 8.78 Å². The van der Waals surface area contributed by atoms with Crippen molar-refractivity contribution in [2.75, 3.05) is 13.2 Å². The van der Waals surface area contributed by atoms with Crippen LogP contribution in [0, 0.1) is 11.6 Å². The van der Waals surface area contributed by atoms with Gasteiger partial charge in [0.2, 0.25) is 0 Å². The molecule has 1 aliphatic rings. The molecular weight excluding hydrogens is 328 g/mol. The average molecular weight is 340 g/mol. The first kappa shape index (κ1) is 16.1. The second-order valence-corrected chi connectivity index (χ2v) is 7.13. The van der Waals surface area contributed by atoms with Crippen LogP contribution in [-0.2, 0) is 13.8 Å². The summed E-state index contributed by atoms with van der Waals surface area (Å²) in [5.41, 5.74) is -0.709. The zero-order chi connectivity index (χ0) is 15.6. The maximum atomic E-state index is 14.0. The van der Waals surface area contributed by atoms with E-state index in [4.69, 9.17) is 15.4 Å². The van der Waals surface area contributed by atoms with Crippen molar-refractivity contribution in [3.8, 4) is 0 Å². The van der Waals surface area contributed by atoms with Crippen molar-refractivity contribution in [2.45, 2.75) is 23.8 Å². The number of hydrogen-bond donors (Lipinski definition) is 1. The summed E-state index contributed by atoms with van der Waals surface area (Å²) >= 11 is 0. The monoisotopic (exact) mass is 339 g/mol. The van der Waals surface area contributed by atoms with Crippen molar-refractivity contribution < 1.29 is 26.7 Å². The van der Waals surface area contributed by atoms with E-state index in [9.17, 15) is 22.0 Å². The molecule has 2 rings (SSSR count). The molecule has 0 spiro atoms. The Labute approximate surface area is 124 Å². The first-order chi connectivity index (χ1) is 9.79. The average Bonchev–Trinajstić information content (AvgIpc) is 2.40. The van der Waals surface area contributed by atoms with E-state index in [2.05, 4.69) is 5.32 Å². The van der Waals surface area contributed by atoms with Gasteiger partial charge in [-0.15, -0.1) is 0 Å². The predicted octanol–water partition coefficient (Wildman–Crippen LogP) is 1.80. The van der Waals surface area contributed by atoms with Crippen LogP contribution >= 0.6 is 10.7 Å². The molecule has 1 fully saturated rings. The van der Waals surface area contributed by atoms with Crippen LogP contribution in [0.15, 0.2) is 17.0 Å². The molecule has 1 N–H and O–H groups in total. The summed E-state index contributed by atoms with van der Waals surface area (Å²) in [6.07, 6.45) is 1.38. The van der Waals surface area contributed by atoms with Crippen molar-refractivity contribution >= 4 is 25.6 Å². The lowest BCUT2D eigenvalue weighted by Crippen LogP contribution is -2.41. The fourth-order valence-corrected chi connectivity index (χ4v) is 2.94. The molecule has 0 saturated carbocycles. The Hall–Kier alpha value is -1.25. The lowest BCUT2D eigenvalue weighted by molar-refractivity contribution is 0.0622. The summed E-state index contributed by atoms with van der Waals surface area (Å²) in [4.78, 5) is 10.9. The molecule has 1 aliphatic heterocycles. The van der Waals surface area contributed by atoms with E-state index >= 15 is 0 Å². The zero-order valence-corrected chi connectivity index (χ0v) is 12.3. The molecule has 1 amide bonds. The van der Waals surface area contributed by atoms with Crippen LogP contribution in [0.5, 0.6) is 0 Å². The quantitative estimate of drug-likeness (QED) is 0.852. The molecule has 5 nitrogen and oxygen atoms in total. The molecule has 1 atom stereocenters. The summed E-state index contributed by atoms with van der Waals surface area (Å²) in [5.74, 6) is -3.36. The molecule has 0 radical (unpaired) electrons. The van der Waals surface area contributed by atoms with Gasteiger partial charge in [-0.1, -0.05) is 0 Å². The molecule has 0 bridgehead atoms. The molecular formula is C12H12ClF2NO4S. The number of rotatable bonds is 3. The second-order valence-electron chi connectivity index (χ2n) is 4.59. The number of benzene rings is 1. The fourth-order valence-electron chi connectivity index (χ4n) is 2.02. The standard InChI is InChI=1S/C12H12ClF2NO4S/c13-21(18,19)10-5-7(14)4-9(11(10)15)12(17)16-8-2-1-3-20-6-8/h4-5,8H,1-3,6H2,(H,16,17). The van der Waals surface area contributed by atoms with Gasteiger partial charge in [0.25, 0.3) is 15.0 Å². The topological polar surface area (TPSA) is 72.5 Å². The third kappa shape index (κ3) is 3.90. The maximum absolute atomic E-state index is 14.0. The summed E-state index contributed by atoms with van der Waals surface area (Å²) in [5, 5.41) is 2.47. The van der Waals surface area contributed by atoms with Gasteiger partial charge in [-0.3, -0.25) is 4.79 Å². The van der Waals surface area contributed by atoms with Crippen LogP contribution in [0.2, 0.25) is 0 Å². The van der Waals surface area contributed by atoms with Gasteiger partial charge >= 0.3 is 0 Å². The minimum Gasteiger partial charge on any atom is -0.379 e. The van der Waals surface area contributed by atoms with Crippen molar-refractivity contribution in [3.63, 3.8) is 0 Å². The van der Waals surface area contributed by atoms with E-state index in [1.807, 2.05) is 0 Å². The Morgan fingerprint density at radius 1 is 1.38 bits per heavy atom. The van der Waals surface area contributed by atoms with Gasteiger partial charge in [0, 0.05) is 17.3 Å². The number of amides is 1. The Kier molecular flexibility index (Phi) is 4.80. The number of halogens is 3. The molecule has 1 aromatic rings. The van der Waals surface area contributed by atoms with Crippen LogP contribution < -0.4 is 5.32 Å². The molecule has 9 heteroatoms. The summed E-state index contributed by atoms with van der Waals surface area (Å²) in [7, 11) is 0.526. The highest BCUT2D eigenvalue weighted by molar-refractivity contribution is 8.13. The Bertz CT molecular complexity index is 659. The maximum Gasteiger partial charge on any atom is 0.264 e. The van der Waals surface area contributed by atoms with E-state index in [0.29, 0.717) is 25.2 Å². The summed E-state index contributed by atoms with van der Waals surface area (Å²) < 4.78 is 54.9. The molecule has 1 heterocycles. The van der Waals surface area contributed by atoms with E-state index in [1.165, 1.54) is 0 Å². The number of hydrogen-bond acceptors (Lipinski definition) is 4.